The Morgan fingerprint density at radius 2 is 2.07 bits per heavy atom. The highest BCUT2D eigenvalue weighted by Crippen LogP contribution is 2.14. The number of hydrogen-bond donors (Lipinski definition) is 1. The quantitative estimate of drug-likeness (QED) is 0.388. The summed E-state index contributed by atoms with van der Waals surface area (Å²) in [6.45, 7) is 6.30. The highest BCUT2D eigenvalue weighted by Gasteiger charge is 2.21. The summed E-state index contributed by atoms with van der Waals surface area (Å²) in [6, 6.07) is 8.52. The van der Waals surface area contributed by atoms with E-state index in [0.717, 1.165) is 51.6 Å². The van der Waals surface area contributed by atoms with Crippen molar-refractivity contribution in [3.8, 4) is 0 Å². The molecule has 0 saturated carbocycles. The first kappa shape index (κ1) is 21.6. The van der Waals surface area contributed by atoms with Gasteiger partial charge in [0, 0.05) is 33.3 Å². The first-order chi connectivity index (χ1) is 12.8. The summed E-state index contributed by atoms with van der Waals surface area (Å²) in [5, 5.41) is 7.65. The van der Waals surface area contributed by atoms with Gasteiger partial charge in [0.2, 0.25) is 0 Å². The molecule has 2 aromatic rings. The number of nitrogens with one attached hydrogen (secondary N) is 1. The number of aliphatic imine (C=N–C) groups is 1. The van der Waals surface area contributed by atoms with E-state index in [4.69, 9.17) is 4.74 Å². The lowest BCUT2D eigenvalue weighted by atomic mass is 10.1. The first-order valence-corrected chi connectivity index (χ1v) is 9.26. The number of aromatic nitrogens is 3. The van der Waals surface area contributed by atoms with Crippen molar-refractivity contribution in [1.29, 1.82) is 0 Å². The highest BCUT2D eigenvalue weighted by atomic mass is 127. The third-order valence-electron chi connectivity index (χ3n) is 4.61. The molecule has 0 unspecified atom stereocenters. The van der Waals surface area contributed by atoms with Crippen LogP contribution in [0.5, 0.6) is 0 Å². The van der Waals surface area contributed by atoms with Gasteiger partial charge in [0.05, 0.1) is 12.6 Å². The monoisotopic (exact) mass is 484 g/mol. The van der Waals surface area contributed by atoms with Gasteiger partial charge < -0.3 is 15.0 Å². The van der Waals surface area contributed by atoms with Gasteiger partial charge in [-0.2, -0.15) is 5.10 Å². The van der Waals surface area contributed by atoms with Crippen LogP contribution in [0.2, 0.25) is 0 Å². The Balaban J connectivity index is 0.00000261. The molecule has 1 saturated heterocycles. The maximum absolute atomic E-state index is 5.73. The molecule has 0 bridgehead atoms. The van der Waals surface area contributed by atoms with Gasteiger partial charge in [0.25, 0.3) is 0 Å². The van der Waals surface area contributed by atoms with Gasteiger partial charge in [-0.05, 0) is 30.9 Å². The number of benzene rings is 1. The molecular formula is C19H29IN6O. The molecule has 2 heterocycles. The molecule has 0 amide bonds. The summed E-state index contributed by atoms with van der Waals surface area (Å²) < 4.78 is 7.56. The molecule has 3 rings (SSSR count). The number of hydrogen-bond acceptors (Lipinski definition) is 4. The maximum Gasteiger partial charge on any atom is 0.193 e. The van der Waals surface area contributed by atoms with Gasteiger partial charge in [-0.1, -0.05) is 24.3 Å². The zero-order valence-corrected chi connectivity index (χ0v) is 18.4. The van der Waals surface area contributed by atoms with Crippen LogP contribution in [0.25, 0.3) is 0 Å². The van der Waals surface area contributed by atoms with Crippen molar-refractivity contribution in [2.45, 2.75) is 39.0 Å². The number of guanidine groups is 1. The Morgan fingerprint density at radius 1 is 1.30 bits per heavy atom. The predicted molar refractivity (Wildman–Crippen MR) is 117 cm³/mol. The molecule has 0 atom stereocenters. The summed E-state index contributed by atoms with van der Waals surface area (Å²) in [5.41, 5.74) is 2.44. The molecule has 1 aliphatic heterocycles. The minimum Gasteiger partial charge on any atom is -0.378 e. The average Bonchev–Trinajstić information content (AvgIpc) is 3.17. The molecule has 27 heavy (non-hydrogen) atoms. The zero-order valence-electron chi connectivity index (χ0n) is 16.0. The van der Waals surface area contributed by atoms with Gasteiger partial charge >= 0.3 is 0 Å². The fourth-order valence-electron chi connectivity index (χ4n) is 3.32. The fourth-order valence-corrected chi connectivity index (χ4v) is 3.32. The zero-order chi connectivity index (χ0) is 18.2. The third-order valence-corrected chi connectivity index (χ3v) is 4.61. The minimum absolute atomic E-state index is 0. The van der Waals surface area contributed by atoms with Crippen LogP contribution >= 0.6 is 24.0 Å². The molecule has 1 N–H and O–H groups in total. The van der Waals surface area contributed by atoms with E-state index in [-0.39, 0.29) is 24.0 Å². The lowest BCUT2D eigenvalue weighted by molar-refractivity contribution is 0.0263. The van der Waals surface area contributed by atoms with E-state index >= 15 is 0 Å². The van der Waals surface area contributed by atoms with Gasteiger partial charge in [-0.3, -0.25) is 4.99 Å². The first-order valence-electron chi connectivity index (χ1n) is 9.26. The van der Waals surface area contributed by atoms with Crippen LogP contribution in [-0.4, -0.2) is 58.5 Å². The van der Waals surface area contributed by atoms with Crippen LogP contribution in [-0.2, 0) is 17.8 Å². The predicted octanol–water partition coefficient (Wildman–Crippen LogP) is 2.52. The second-order valence-electron chi connectivity index (χ2n) is 6.46. The Hall–Kier alpha value is -1.68. The van der Waals surface area contributed by atoms with Crippen LogP contribution in [0.15, 0.2) is 41.9 Å². The van der Waals surface area contributed by atoms with E-state index in [1.54, 1.807) is 12.7 Å². The Morgan fingerprint density at radius 3 is 2.74 bits per heavy atom. The van der Waals surface area contributed by atoms with Crippen LogP contribution in [0.3, 0.4) is 0 Å². The lowest BCUT2D eigenvalue weighted by Crippen LogP contribution is -2.46. The molecule has 0 spiro atoms. The molecular weight excluding hydrogens is 455 g/mol. The van der Waals surface area contributed by atoms with Crippen LogP contribution in [0.1, 0.15) is 30.9 Å². The summed E-state index contributed by atoms with van der Waals surface area (Å²) in [4.78, 5) is 10.8. The molecule has 0 aliphatic carbocycles. The average molecular weight is 484 g/mol. The topological polar surface area (TPSA) is 67.6 Å². The van der Waals surface area contributed by atoms with Crippen LogP contribution in [0, 0.1) is 0 Å². The number of halogens is 1. The molecule has 148 valence electrons. The standard InChI is InChI=1S/C19H28N6O.HI/c1-3-26-18-7-9-24(10-8-18)19(20-2)22-12-16-5-4-6-17(11-16)13-25-15-21-14-23-25;/h4-6,11,14-15,18H,3,7-10,12-13H2,1-2H3,(H,20,22);1H. The number of ether oxygens (including phenoxy) is 1. The molecule has 0 radical (unpaired) electrons. The van der Waals surface area contributed by atoms with Gasteiger partial charge in [0.1, 0.15) is 12.7 Å². The molecule has 1 aromatic carbocycles. The molecule has 1 fully saturated rings. The lowest BCUT2D eigenvalue weighted by Gasteiger charge is -2.34. The second-order valence-corrected chi connectivity index (χ2v) is 6.46. The van der Waals surface area contributed by atoms with E-state index in [2.05, 4.69) is 56.5 Å². The molecule has 1 aliphatic rings. The Kier molecular flexibility index (Phi) is 8.99. The van der Waals surface area contributed by atoms with Crippen molar-refractivity contribution in [2.24, 2.45) is 4.99 Å². The Bertz CT molecular complexity index is 698. The summed E-state index contributed by atoms with van der Waals surface area (Å²) in [7, 11) is 1.85. The van der Waals surface area contributed by atoms with Gasteiger partial charge in [0.15, 0.2) is 5.96 Å². The molecule has 8 heteroatoms. The van der Waals surface area contributed by atoms with Gasteiger partial charge in [-0.15, -0.1) is 24.0 Å². The second kappa shape index (κ2) is 11.2. The summed E-state index contributed by atoms with van der Waals surface area (Å²) >= 11 is 0. The van der Waals surface area contributed by atoms with Crippen molar-refractivity contribution < 1.29 is 4.74 Å². The van der Waals surface area contributed by atoms with Crippen molar-refractivity contribution >= 4 is 29.9 Å². The number of likely N-dealkylation sites (tertiary alicyclic amines) is 1. The van der Waals surface area contributed by atoms with E-state index in [9.17, 15) is 0 Å². The smallest absolute Gasteiger partial charge is 0.193 e. The van der Waals surface area contributed by atoms with Crippen molar-refractivity contribution in [2.75, 3.05) is 26.7 Å². The SMILES string of the molecule is CCOC1CCN(C(=NC)NCc2cccc(Cn3cncn3)c2)CC1.I. The Labute approximate surface area is 178 Å². The van der Waals surface area contributed by atoms with Crippen LogP contribution < -0.4 is 5.32 Å². The summed E-state index contributed by atoms with van der Waals surface area (Å²) in [5.74, 6) is 0.960. The largest absolute Gasteiger partial charge is 0.378 e. The number of piperidine rings is 1. The van der Waals surface area contributed by atoms with E-state index in [1.165, 1.54) is 11.1 Å². The maximum atomic E-state index is 5.73. The summed E-state index contributed by atoms with van der Waals surface area (Å²) in [6.07, 6.45) is 5.80. The number of nitrogens with zero attached hydrogens (tertiary/aromatic N) is 5. The normalized spacial score (nSPS) is 15.5. The molecule has 1 aromatic heterocycles. The fraction of sp³-hybridized carbons (Fsp3) is 0.526. The van der Waals surface area contributed by atoms with E-state index in [0.29, 0.717) is 6.10 Å². The van der Waals surface area contributed by atoms with Gasteiger partial charge in [-0.25, -0.2) is 9.67 Å². The molecule has 7 nitrogen and oxygen atoms in total. The van der Waals surface area contributed by atoms with E-state index < -0.39 is 0 Å². The number of rotatable bonds is 6. The third kappa shape index (κ3) is 6.46. The highest BCUT2D eigenvalue weighted by molar-refractivity contribution is 14.0. The van der Waals surface area contributed by atoms with Crippen molar-refractivity contribution in [3.63, 3.8) is 0 Å². The van der Waals surface area contributed by atoms with E-state index in [1.807, 2.05) is 11.7 Å². The van der Waals surface area contributed by atoms with Crippen molar-refractivity contribution in [3.05, 3.63) is 48.0 Å². The van der Waals surface area contributed by atoms with Crippen molar-refractivity contribution in [1.82, 2.24) is 25.0 Å². The minimum atomic E-state index is 0. The van der Waals surface area contributed by atoms with Crippen LogP contribution in [0.4, 0.5) is 0 Å².